The molecule has 3 heterocycles. The average molecular weight is 423 g/mol. The Morgan fingerprint density at radius 1 is 1.29 bits per heavy atom. The SMILES string of the molecule is CCCn1cc(C)nn1.CN(C)C(=O)c1cc2ccc(C3=CCCN(C=O)C3)cc2[nH]1. The number of nitrogens with zero attached hydrogens (tertiary/aromatic N) is 5. The number of aromatic amines is 1. The predicted octanol–water partition coefficient (Wildman–Crippen LogP) is 3.11. The van der Waals surface area contributed by atoms with Crippen LogP contribution < -0.4 is 0 Å². The van der Waals surface area contributed by atoms with Gasteiger partial charge in [-0.1, -0.05) is 30.3 Å². The van der Waals surface area contributed by atoms with E-state index in [0.29, 0.717) is 12.2 Å². The number of hydrogen-bond donors (Lipinski definition) is 1. The molecule has 0 radical (unpaired) electrons. The van der Waals surface area contributed by atoms with Crippen molar-refractivity contribution >= 4 is 28.8 Å². The van der Waals surface area contributed by atoms with Crippen LogP contribution in [0.15, 0.2) is 36.5 Å². The average Bonchev–Trinajstić information content (AvgIpc) is 3.39. The van der Waals surface area contributed by atoms with Crippen molar-refractivity contribution in [2.45, 2.75) is 33.2 Å². The van der Waals surface area contributed by atoms with E-state index in [1.807, 2.05) is 42.1 Å². The van der Waals surface area contributed by atoms with Crippen LogP contribution in [0.2, 0.25) is 0 Å². The van der Waals surface area contributed by atoms with Gasteiger partial charge in [-0.25, -0.2) is 0 Å². The Morgan fingerprint density at radius 2 is 2.10 bits per heavy atom. The summed E-state index contributed by atoms with van der Waals surface area (Å²) < 4.78 is 1.86. The lowest BCUT2D eigenvalue weighted by Crippen LogP contribution is -2.27. The molecule has 1 N–H and O–H groups in total. The van der Waals surface area contributed by atoms with E-state index in [1.54, 1.807) is 23.9 Å². The zero-order valence-corrected chi connectivity index (χ0v) is 18.6. The summed E-state index contributed by atoms with van der Waals surface area (Å²) in [7, 11) is 3.47. The second-order valence-corrected chi connectivity index (χ2v) is 7.90. The lowest BCUT2D eigenvalue weighted by Gasteiger charge is -2.23. The number of rotatable bonds is 5. The minimum Gasteiger partial charge on any atom is -0.351 e. The molecule has 3 aromatic rings. The maximum Gasteiger partial charge on any atom is 0.269 e. The minimum atomic E-state index is -0.0400. The molecule has 0 spiro atoms. The van der Waals surface area contributed by atoms with Crippen LogP contribution in [-0.2, 0) is 11.3 Å². The predicted molar refractivity (Wildman–Crippen MR) is 122 cm³/mol. The first-order valence-corrected chi connectivity index (χ1v) is 10.5. The van der Waals surface area contributed by atoms with Crippen molar-refractivity contribution in [3.8, 4) is 0 Å². The Bertz CT molecular complexity index is 1080. The fourth-order valence-corrected chi connectivity index (χ4v) is 3.48. The van der Waals surface area contributed by atoms with Crippen LogP contribution >= 0.6 is 0 Å². The van der Waals surface area contributed by atoms with Gasteiger partial charge in [-0.2, -0.15) is 0 Å². The highest BCUT2D eigenvalue weighted by molar-refractivity contribution is 5.98. The van der Waals surface area contributed by atoms with Gasteiger partial charge < -0.3 is 14.8 Å². The first kappa shape index (κ1) is 22.3. The number of benzene rings is 1. The fraction of sp³-hybridized carbons (Fsp3) is 0.391. The van der Waals surface area contributed by atoms with Gasteiger partial charge in [0, 0.05) is 50.8 Å². The summed E-state index contributed by atoms with van der Waals surface area (Å²) in [5, 5.41) is 8.73. The number of aryl methyl sites for hydroxylation is 2. The van der Waals surface area contributed by atoms with Crippen LogP contribution in [0, 0.1) is 6.92 Å². The standard InChI is InChI=1S/C17H19N3O2.C6H11N3/c1-19(2)17(22)16-9-13-6-5-12(8-15(13)18-16)14-4-3-7-20(10-14)11-21;1-3-4-9-5-6(2)7-8-9/h4-6,8-9,11,18H,3,7,10H2,1-2H3;5H,3-4H2,1-2H3. The third kappa shape index (κ3) is 5.59. The number of carbonyl (C=O) groups excluding carboxylic acids is 2. The summed E-state index contributed by atoms with van der Waals surface area (Å²) in [5.74, 6) is -0.0400. The molecular formula is C23H30N6O2. The van der Waals surface area contributed by atoms with Crippen molar-refractivity contribution in [3.63, 3.8) is 0 Å². The second kappa shape index (κ2) is 10.1. The van der Waals surface area contributed by atoms with Crippen LogP contribution in [0.3, 0.4) is 0 Å². The van der Waals surface area contributed by atoms with E-state index in [4.69, 9.17) is 0 Å². The van der Waals surface area contributed by atoms with Crippen molar-refractivity contribution in [3.05, 3.63) is 53.5 Å². The van der Waals surface area contributed by atoms with E-state index in [-0.39, 0.29) is 5.91 Å². The quantitative estimate of drug-likeness (QED) is 0.640. The van der Waals surface area contributed by atoms with E-state index in [1.165, 1.54) is 0 Å². The molecule has 31 heavy (non-hydrogen) atoms. The van der Waals surface area contributed by atoms with Crippen molar-refractivity contribution in [2.24, 2.45) is 0 Å². The van der Waals surface area contributed by atoms with E-state index < -0.39 is 0 Å². The Hall–Kier alpha value is -3.42. The van der Waals surface area contributed by atoms with E-state index in [0.717, 1.165) is 60.1 Å². The van der Waals surface area contributed by atoms with Gasteiger partial charge in [-0.05, 0) is 43.0 Å². The zero-order valence-electron chi connectivity index (χ0n) is 18.6. The molecule has 8 nitrogen and oxygen atoms in total. The largest absolute Gasteiger partial charge is 0.351 e. The van der Waals surface area contributed by atoms with Crippen molar-refractivity contribution in [1.82, 2.24) is 29.8 Å². The van der Waals surface area contributed by atoms with Gasteiger partial charge in [0.25, 0.3) is 5.91 Å². The third-order valence-electron chi connectivity index (χ3n) is 5.07. The summed E-state index contributed by atoms with van der Waals surface area (Å²) in [6.45, 7) is 6.45. The fourth-order valence-electron chi connectivity index (χ4n) is 3.48. The lowest BCUT2D eigenvalue weighted by molar-refractivity contribution is -0.117. The first-order chi connectivity index (χ1) is 14.9. The zero-order chi connectivity index (χ0) is 22.4. The van der Waals surface area contributed by atoms with Gasteiger partial charge in [0.1, 0.15) is 5.69 Å². The highest BCUT2D eigenvalue weighted by atomic mass is 16.2. The summed E-state index contributed by atoms with van der Waals surface area (Å²) in [6, 6.07) is 7.96. The number of H-pyrrole nitrogens is 1. The number of carbonyl (C=O) groups is 2. The molecule has 0 unspecified atom stereocenters. The minimum absolute atomic E-state index is 0.0400. The molecule has 0 fully saturated rings. The van der Waals surface area contributed by atoms with Crippen LogP contribution in [0.4, 0.5) is 0 Å². The van der Waals surface area contributed by atoms with Crippen LogP contribution in [0.1, 0.15) is 41.5 Å². The van der Waals surface area contributed by atoms with Gasteiger partial charge in [0.05, 0.1) is 5.69 Å². The van der Waals surface area contributed by atoms with E-state index >= 15 is 0 Å². The molecule has 8 heteroatoms. The first-order valence-electron chi connectivity index (χ1n) is 10.5. The summed E-state index contributed by atoms with van der Waals surface area (Å²) in [5.41, 5.74) is 4.75. The Morgan fingerprint density at radius 3 is 2.74 bits per heavy atom. The van der Waals surface area contributed by atoms with Crippen molar-refractivity contribution < 1.29 is 9.59 Å². The molecule has 0 saturated heterocycles. The molecule has 1 aromatic carbocycles. The van der Waals surface area contributed by atoms with Crippen molar-refractivity contribution in [1.29, 1.82) is 0 Å². The van der Waals surface area contributed by atoms with Crippen LogP contribution in [0.25, 0.3) is 16.5 Å². The maximum atomic E-state index is 12.0. The number of fused-ring (bicyclic) bond motifs is 1. The topological polar surface area (TPSA) is 87.1 Å². The van der Waals surface area contributed by atoms with Gasteiger partial charge in [0.15, 0.2) is 0 Å². The van der Waals surface area contributed by atoms with Gasteiger partial charge >= 0.3 is 0 Å². The Kier molecular flexibility index (Phi) is 7.23. The molecule has 2 aromatic heterocycles. The lowest BCUT2D eigenvalue weighted by atomic mass is 10.0. The molecule has 1 aliphatic rings. The molecular weight excluding hydrogens is 392 g/mol. The molecule has 0 atom stereocenters. The Balaban J connectivity index is 0.000000254. The number of nitrogens with one attached hydrogen (secondary N) is 1. The highest BCUT2D eigenvalue weighted by Crippen LogP contribution is 2.25. The number of hydrogen-bond acceptors (Lipinski definition) is 4. The Labute approximate surface area is 182 Å². The normalized spacial score (nSPS) is 13.4. The summed E-state index contributed by atoms with van der Waals surface area (Å²) >= 11 is 0. The number of amides is 2. The van der Waals surface area contributed by atoms with Crippen molar-refractivity contribution in [2.75, 3.05) is 27.2 Å². The molecule has 0 saturated carbocycles. The maximum absolute atomic E-state index is 12.0. The highest BCUT2D eigenvalue weighted by Gasteiger charge is 2.15. The van der Waals surface area contributed by atoms with E-state index in [9.17, 15) is 9.59 Å². The smallest absolute Gasteiger partial charge is 0.269 e. The number of aromatic nitrogens is 4. The second-order valence-electron chi connectivity index (χ2n) is 7.90. The summed E-state index contributed by atoms with van der Waals surface area (Å²) in [6.07, 6.45) is 7.01. The van der Waals surface area contributed by atoms with Crippen LogP contribution in [0.5, 0.6) is 0 Å². The monoisotopic (exact) mass is 422 g/mol. The van der Waals surface area contributed by atoms with E-state index in [2.05, 4.69) is 28.3 Å². The van der Waals surface area contributed by atoms with Gasteiger partial charge in [-0.3, -0.25) is 14.3 Å². The molecule has 0 bridgehead atoms. The van der Waals surface area contributed by atoms with Gasteiger partial charge in [0.2, 0.25) is 6.41 Å². The molecule has 164 valence electrons. The van der Waals surface area contributed by atoms with Gasteiger partial charge in [-0.15, -0.1) is 5.10 Å². The molecule has 4 rings (SSSR count). The molecule has 2 amide bonds. The third-order valence-corrected chi connectivity index (χ3v) is 5.07. The van der Waals surface area contributed by atoms with Crippen LogP contribution in [-0.4, -0.2) is 69.3 Å². The molecule has 1 aliphatic heterocycles. The summed E-state index contributed by atoms with van der Waals surface area (Å²) in [4.78, 5) is 29.5. The molecule has 0 aliphatic carbocycles.